The van der Waals surface area contributed by atoms with Crippen LogP contribution in [0.1, 0.15) is 25.0 Å². The molecule has 1 unspecified atom stereocenters. The Morgan fingerprint density at radius 2 is 1.95 bits per heavy atom. The van der Waals surface area contributed by atoms with Crippen LogP contribution in [-0.2, 0) is 6.18 Å². The molecule has 0 aliphatic carbocycles. The van der Waals surface area contributed by atoms with Gasteiger partial charge in [-0.05, 0) is 50.4 Å². The summed E-state index contributed by atoms with van der Waals surface area (Å²) in [5.41, 5.74) is -0.163. The molecule has 6 heteroatoms. The Hall–Kier alpha value is -1.30. The molecule has 3 nitrogen and oxygen atoms in total. The average molecular weight is 299 g/mol. The van der Waals surface area contributed by atoms with Crippen molar-refractivity contribution in [2.24, 2.45) is 5.92 Å². The first-order valence-electron chi connectivity index (χ1n) is 7.53. The van der Waals surface area contributed by atoms with E-state index in [1.165, 1.54) is 32.1 Å². The highest BCUT2D eigenvalue weighted by Gasteiger charge is 2.33. The lowest BCUT2D eigenvalue weighted by atomic mass is 10.1. The van der Waals surface area contributed by atoms with Gasteiger partial charge in [-0.25, -0.2) is 0 Å². The van der Waals surface area contributed by atoms with Crippen molar-refractivity contribution < 1.29 is 13.2 Å². The zero-order valence-electron chi connectivity index (χ0n) is 11.9. The quantitative estimate of drug-likeness (QED) is 0.855. The number of hydrogen-bond donors (Lipinski definition) is 0. The Bertz CT molecular complexity index is 483. The number of aromatic nitrogens is 1. The van der Waals surface area contributed by atoms with Gasteiger partial charge in [0.1, 0.15) is 5.69 Å². The van der Waals surface area contributed by atoms with Crippen molar-refractivity contribution in [2.45, 2.75) is 25.4 Å². The highest BCUT2D eigenvalue weighted by Crippen LogP contribution is 2.31. The second kappa shape index (κ2) is 5.83. The van der Waals surface area contributed by atoms with Crippen LogP contribution in [0.2, 0.25) is 0 Å². The largest absolute Gasteiger partial charge is 0.433 e. The molecule has 0 amide bonds. The van der Waals surface area contributed by atoms with Gasteiger partial charge < -0.3 is 9.80 Å². The third-order valence-electron chi connectivity index (χ3n) is 4.40. The molecule has 3 rings (SSSR count). The van der Waals surface area contributed by atoms with Crippen molar-refractivity contribution in [3.8, 4) is 0 Å². The van der Waals surface area contributed by atoms with E-state index in [1.54, 1.807) is 6.07 Å². The van der Waals surface area contributed by atoms with Crippen LogP contribution in [0, 0.1) is 5.92 Å². The summed E-state index contributed by atoms with van der Waals surface area (Å²) in [5.74, 6) is 0.561. The summed E-state index contributed by atoms with van der Waals surface area (Å²) < 4.78 is 38.1. The molecule has 3 heterocycles. The fraction of sp³-hybridized carbons (Fsp3) is 0.667. The number of likely N-dealkylation sites (tertiary alicyclic amines) is 1. The van der Waals surface area contributed by atoms with Gasteiger partial charge in [-0.3, -0.25) is 4.98 Å². The van der Waals surface area contributed by atoms with Crippen LogP contribution in [0.25, 0.3) is 0 Å². The second-order valence-corrected chi connectivity index (χ2v) is 6.01. The lowest BCUT2D eigenvalue weighted by Gasteiger charge is -2.22. The van der Waals surface area contributed by atoms with Crippen molar-refractivity contribution in [3.63, 3.8) is 0 Å². The lowest BCUT2D eigenvalue weighted by molar-refractivity contribution is -0.141. The van der Waals surface area contributed by atoms with Gasteiger partial charge in [0.2, 0.25) is 0 Å². The summed E-state index contributed by atoms with van der Waals surface area (Å²) in [6, 6.07) is 2.84. The molecule has 2 aliphatic heterocycles. The van der Waals surface area contributed by atoms with E-state index in [0.29, 0.717) is 11.6 Å². The number of anilines is 1. The Morgan fingerprint density at radius 3 is 2.67 bits per heavy atom. The number of rotatable bonds is 3. The van der Waals surface area contributed by atoms with Crippen LogP contribution in [0.5, 0.6) is 0 Å². The van der Waals surface area contributed by atoms with Crippen LogP contribution in [-0.4, -0.2) is 42.6 Å². The first-order valence-corrected chi connectivity index (χ1v) is 7.53. The smallest absolute Gasteiger partial charge is 0.371 e. The maximum Gasteiger partial charge on any atom is 0.433 e. The summed E-state index contributed by atoms with van der Waals surface area (Å²) in [5, 5.41) is 0. The van der Waals surface area contributed by atoms with Crippen molar-refractivity contribution in [1.82, 2.24) is 9.88 Å². The Balaban J connectivity index is 1.63. The summed E-state index contributed by atoms with van der Waals surface area (Å²) in [7, 11) is 0. The number of hydrogen-bond acceptors (Lipinski definition) is 3. The van der Waals surface area contributed by atoms with Gasteiger partial charge in [0.25, 0.3) is 0 Å². The predicted octanol–water partition coefficient (Wildman–Crippen LogP) is 3.02. The molecule has 0 radical (unpaired) electrons. The highest BCUT2D eigenvalue weighted by atomic mass is 19.4. The van der Waals surface area contributed by atoms with Crippen molar-refractivity contribution in [1.29, 1.82) is 0 Å². The van der Waals surface area contributed by atoms with Gasteiger partial charge >= 0.3 is 6.18 Å². The fourth-order valence-electron chi connectivity index (χ4n) is 3.32. The van der Waals surface area contributed by atoms with Gasteiger partial charge in [-0.2, -0.15) is 13.2 Å². The molecule has 0 spiro atoms. The van der Waals surface area contributed by atoms with Crippen molar-refractivity contribution in [2.75, 3.05) is 37.6 Å². The molecule has 1 aromatic rings. The number of alkyl halides is 3. The molecule has 0 aromatic carbocycles. The highest BCUT2D eigenvalue weighted by molar-refractivity contribution is 5.48. The minimum atomic E-state index is -4.37. The zero-order chi connectivity index (χ0) is 14.9. The van der Waals surface area contributed by atoms with E-state index in [4.69, 9.17) is 0 Å². The van der Waals surface area contributed by atoms with Crippen LogP contribution < -0.4 is 4.90 Å². The summed E-state index contributed by atoms with van der Waals surface area (Å²) >= 11 is 0. The second-order valence-electron chi connectivity index (χ2n) is 6.01. The number of halogens is 3. The molecule has 0 bridgehead atoms. The Labute approximate surface area is 122 Å². The minimum absolute atomic E-state index is 0.561. The minimum Gasteiger partial charge on any atom is -0.371 e. The number of pyridine rings is 1. The molecular formula is C15H20F3N3. The normalized spacial score (nSPS) is 24.0. The topological polar surface area (TPSA) is 19.4 Å². The van der Waals surface area contributed by atoms with E-state index < -0.39 is 11.9 Å². The van der Waals surface area contributed by atoms with Gasteiger partial charge in [-0.15, -0.1) is 0 Å². The molecule has 1 aromatic heterocycles. The maximum atomic E-state index is 12.7. The first-order chi connectivity index (χ1) is 10.0. The fourth-order valence-corrected chi connectivity index (χ4v) is 3.32. The molecule has 21 heavy (non-hydrogen) atoms. The van der Waals surface area contributed by atoms with E-state index in [2.05, 4.69) is 14.8 Å². The standard InChI is InChI=1S/C15H20F3N3/c16-15(17,18)14-9-13(3-5-19-14)21-8-4-12(11-21)10-20-6-1-2-7-20/h3,5,9,12H,1-2,4,6-8,10-11H2. The van der Waals surface area contributed by atoms with Gasteiger partial charge in [0.15, 0.2) is 0 Å². The zero-order valence-corrected chi connectivity index (χ0v) is 11.9. The van der Waals surface area contributed by atoms with E-state index in [9.17, 15) is 13.2 Å². The molecule has 0 N–H and O–H groups in total. The Morgan fingerprint density at radius 1 is 1.19 bits per heavy atom. The third kappa shape index (κ3) is 3.48. The van der Waals surface area contributed by atoms with Crippen LogP contribution >= 0.6 is 0 Å². The molecular weight excluding hydrogens is 279 g/mol. The molecule has 2 aliphatic rings. The molecule has 2 saturated heterocycles. The monoisotopic (exact) mass is 299 g/mol. The van der Waals surface area contributed by atoms with Crippen LogP contribution in [0.15, 0.2) is 18.3 Å². The van der Waals surface area contributed by atoms with Gasteiger partial charge in [-0.1, -0.05) is 0 Å². The average Bonchev–Trinajstić information content (AvgIpc) is 3.10. The number of nitrogens with zero attached hydrogens (tertiary/aromatic N) is 3. The molecule has 2 fully saturated rings. The van der Waals surface area contributed by atoms with Crippen LogP contribution in [0.4, 0.5) is 18.9 Å². The van der Waals surface area contributed by atoms with Gasteiger partial charge in [0, 0.05) is 31.5 Å². The SMILES string of the molecule is FC(F)(F)c1cc(N2CCC(CN3CCCC3)C2)ccn1. The van der Waals surface area contributed by atoms with Crippen LogP contribution in [0.3, 0.4) is 0 Å². The summed E-state index contributed by atoms with van der Waals surface area (Å²) in [6.07, 6.45) is 0.488. The summed E-state index contributed by atoms with van der Waals surface area (Å²) in [6.45, 7) is 5.10. The van der Waals surface area contributed by atoms with E-state index >= 15 is 0 Å². The lowest BCUT2D eigenvalue weighted by Crippen LogP contribution is -2.29. The molecule has 116 valence electrons. The van der Waals surface area contributed by atoms with E-state index in [-0.39, 0.29) is 0 Å². The molecule has 1 atom stereocenters. The van der Waals surface area contributed by atoms with E-state index in [1.807, 2.05) is 0 Å². The third-order valence-corrected chi connectivity index (χ3v) is 4.40. The first kappa shape index (κ1) is 14.6. The van der Waals surface area contributed by atoms with Crippen molar-refractivity contribution in [3.05, 3.63) is 24.0 Å². The van der Waals surface area contributed by atoms with Crippen molar-refractivity contribution >= 4 is 5.69 Å². The molecule has 0 saturated carbocycles. The van der Waals surface area contributed by atoms with Gasteiger partial charge in [0.05, 0.1) is 0 Å². The predicted molar refractivity (Wildman–Crippen MR) is 75.2 cm³/mol. The van der Waals surface area contributed by atoms with E-state index in [0.717, 1.165) is 32.1 Å². The maximum absolute atomic E-state index is 12.7. The Kier molecular flexibility index (Phi) is 4.06. The summed E-state index contributed by atoms with van der Waals surface area (Å²) in [4.78, 5) is 7.95.